The summed E-state index contributed by atoms with van der Waals surface area (Å²) in [6.45, 7) is 15.6. The molecule has 8 nitrogen and oxygen atoms in total. The van der Waals surface area contributed by atoms with Crippen LogP contribution in [-0.4, -0.2) is 72.1 Å². The van der Waals surface area contributed by atoms with Crippen molar-refractivity contribution in [3.8, 4) is 11.3 Å². The maximum atomic E-state index is 13.8. The van der Waals surface area contributed by atoms with E-state index in [-0.39, 0.29) is 23.1 Å². The van der Waals surface area contributed by atoms with E-state index in [0.29, 0.717) is 43.8 Å². The average molecular weight is 518 g/mol. The number of aromatic nitrogens is 3. The van der Waals surface area contributed by atoms with Crippen molar-refractivity contribution in [3.05, 3.63) is 53.3 Å². The van der Waals surface area contributed by atoms with Gasteiger partial charge in [-0.1, -0.05) is 50.6 Å². The molecule has 2 aliphatic rings. The summed E-state index contributed by atoms with van der Waals surface area (Å²) < 4.78 is 1.73. The molecule has 38 heavy (non-hydrogen) atoms. The number of nitrogens with zero attached hydrogens (tertiary/aromatic N) is 5. The van der Waals surface area contributed by atoms with Gasteiger partial charge >= 0.3 is 0 Å². The van der Waals surface area contributed by atoms with E-state index in [1.54, 1.807) is 17.6 Å². The number of rotatable bonds is 3. The Balaban J connectivity index is 1.42. The van der Waals surface area contributed by atoms with Crippen LogP contribution in [0.5, 0.6) is 0 Å². The molecule has 2 amide bonds. The molecule has 0 atom stereocenters. The molecule has 1 aliphatic heterocycles. The van der Waals surface area contributed by atoms with Crippen molar-refractivity contribution in [3.63, 3.8) is 0 Å². The van der Waals surface area contributed by atoms with Crippen LogP contribution in [0.4, 0.5) is 0 Å². The Hall–Kier alpha value is -3.26. The lowest BCUT2D eigenvalue weighted by atomic mass is 9.71. The number of carbonyl (C=O) groups is 2. The highest BCUT2D eigenvalue weighted by Gasteiger charge is 2.47. The van der Waals surface area contributed by atoms with Gasteiger partial charge in [0.25, 0.3) is 5.91 Å². The maximum Gasteiger partial charge on any atom is 0.274 e. The Kier molecular flexibility index (Phi) is 6.17. The second-order valence-electron chi connectivity index (χ2n) is 13.1. The van der Waals surface area contributed by atoms with E-state index in [0.717, 1.165) is 16.8 Å². The highest BCUT2D eigenvalue weighted by atomic mass is 16.3. The minimum absolute atomic E-state index is 0.0760. The summed E-state index contributed by atoms with van der Waals surface area (Å²) in [5, 5.41) is 14.9. The Morgan fingerprint density at radius 2 is 1.71 bits per heavy atom. The number of fused-ring (bicyclic) bond motifs is 1. The van der Waals surface area contributed by atoms with Gasteiger partial charge in [-0.15, -0.1) is 0 Å². The predicted molar refractivity (Wildman–Crippen MR) is 147 cm³/mol. The number of amides is 2. The lowest BCUT2D eigenvalue weighted by Crippen LogP contribution is -2.63. The van der Waals surface area contributed by atoms with E-state index in [2.05, 4.69) is 58.0 Å². The van der Waals surface area contributed by atoms with Crippen LogP contribution in [0.1, 0.15) is 76.0 Å². The van der Waals surface area contributed by atoms with Crippen molar-refractivity contribution in [2.45, 2.75) is 77.9 Å². The highest BCUT2D eigenvalue weighted by Crippen LogP contribution is 2.39. The van der Waals surface area contributed by atoms with Crippen LogP contribution in [0.2, 0.25) is 0 Å². The molecule has 0 radical (unpaired) electrons. The number of aryl methyl sites for hydroxylation is 1. The van der Waals surface area contributed by atoms with Gasteiger partial charge in [0.1, 0.15) is 5.69 Å². The molecule has 2 fully saturated rings. The Bertz CT molecular complexity index is 1390. The largest absolute Gasteiger partial charge is 0.390 e. The molecule has 1 aliphatic carbocycles. The van der Waals surface area contributed by atoms with Crippen molar-refractivity contribution in [1.29, 1.82) is 0 Å². The molecule has 3 heterocycles. The van der Waals surface area contributed by atoms with Gasteiger partial charge in [0, 0.05) is 36.7 Å². The third-order valence-corrected chi connectivity index (χ3v) is 7.98. The molecule has 1 saturated carbocycles. The van der Waals surface area contributed by atoms with Crippen LogP contribution < -0.4 is 0 Å². The Labute approximate surface area is 224 Å². The molecule has 3 aromatic rings. The zero-order chi connectivity index (χ0) is 27.6. The van der Waals surface area contributed by atoms with Crippen LogP contribution in [0.15, 0.2) is 36.5 Å². The predicted octanol–water partition coefficient (Wildman–Crippen LogP) is 4.23. The van der Waals surface area contributed by atoms with E-state index in [9.17, 15) is 14.7 Å². The fourth-order valence-electron chi connectivity index (χ4n) is 5.79. The van der Waals surface area contributed by atoms with Crippen molar-refractivity contribution < 1.29 is 14.7 Å². The number of hydrogen-bond acceptors (Lipinski definition) is 5. The van der Waals surface area contributed by atoms with Crippen LogP contribution in [0, 0.1) is 12.8 Å². The molecule has 8 heteroatoms. The highest BCUT2D eigenvalue weighted by molar-refractivity contribution is 5.94. The lowest BCUT2D eigenvalue weighted by Gasteiger charge is -2.49. The SMILES string of the molecule is Cc1ccc(-c2cc(C(C)(C)C)c3nc(C(=O)N4CCN(C(=O)C5CC(C)(O)C5)CC4(C)C)cn3n2)cc1. The molecule has 1 aromatic carbocycles. The third-order valence-electron chi connectivity index (χ3n) is 7.98. The molecular weight excluding hydrogens is 478 g/mol. The molecule has 1 saturated heterocycles. The van der Waals surface area contributed by atoms with Gasteiger partial charge in [0.15, 0.2) is 5.65 Å². The van der Waals surface area contributed by atoms with E-state index in [1.807, 2.05) is 23.6 Å². The number of imidazole rings is 1. The summed E-state index contributed by atoms with van der Waals surface area (Å²) >= 11 is 0. The first kappa shape index (κ1) is 26.4. The number of hydrogen-bond donors (Lipinski definition) is 1. The summed E-state index contributed by atoms with van der Waals surface area (Å²) in [7, 11) is 0. The average Bonchev–Trinajstić information content (AvgIpc) is 3.24. The molecule has 2 aromatic heterocycles. The molecule has 0 spiro atoms. The Morgan fingerprint density at radius 1 is 1.05 bits per heavy atom. The quantitative estimate of drug-likeness (QED) is 0.562. The van der Waals surface area contributed by atoms with Crippen molar-refractivity contribution >= 4 is 17.5 Å². The fraction of sp³-hybridized carbons (Fsp3) is 0.533. The standard InChI is InChI=1S/C30H39N5O3/c1-19-8-10-20(11-9-19)23-14-22(28(2,3)4)25-31-24(17-35(25)32-23)27(37)34-13-12-33(18-29(34,5)6)26(36)21-15-30(7,38)16-21/h8-11,14,17,21,38H,12-13,15-16,18H2,1-7H3. The first-order valence-electron chi connectivity index (χ1n) is 13.5. The second kappa shape index (κ2) is 8.90. The van der Waals surface area contributed by atoms with Gasteiger partial charge in [-0.25, -0.2) is 9.50 Å². The van der Waals surface area contributed by atoms with Gasteiger partial charge in [-0.05, 0) is 52.0 Å². The smallest absolute Gasteiger partial charge is 0.274 e. The zero-order valence-electron chi connectivity index (χ0n) is 23.6. The van der Waals surface area contributed by atoms with E-state index < -0.39 is 11.1 Å². The first-order valence-corrected chi connectivity index (χ1v) is 13.5. The van der Waals surface area contributed by atoms with Crippen LogP contribution in [0.25, 0.3) is 16.9 Å². The number of piperazine rings is 1. The minimum atomic E-state index is -0.740. The second-order valence-corrected chi connectivity index (χ2v) is 13.1. The van der Waals surface area contributed by atoms with E-state index in [1.165, 1.54) is 5.56 Å². The summed E-state index contributed by atoms with van der Waals surface area (Å²) in [4.78, 5) is 35.3. The Morgan fingerprint density at radius 3 is 2.29 bits per heavy atom. The monoisotopic (exact) mass is 517 g/mol. The van der Waals surface area contributed by atoms with Gasteiger partial charge in [-0.2, -0.15) is 5.10 Å². The van der Waals surface area contributed by atoms with Crippen LogP contribution in [0.3, 0.4) is 0 Å². The molecular formula is C30H39N5O3. The van der Waals surface area contributed by atoms with Crippen LogP contribution in [-0.2, 0) is 10.2 Å². The third kappa shape index (κ3) is 4.82. The molecule has 0 bridgehead atoms. The maximum absolute atomic E-state index is 13.8. The summed E-state index contributed by atoms with van der Waals surface area (Å²) in [5.41, 5.74) is 3.59. The topological polar surface area (TPSA) is 91.0 Å². The lowest BCUT2D eigenvalue weighted by molar-refractivity contribution is -0.153. The fourth-order valence-corrected chi connectivity index (χ4v) is 5.79. The molecule has 5 rings (SSSR count). The first-order chi connectivity index (χ1) is 17.6. The molecule has 0 unspecified atom stereocenters. The summed E-state index contributed by atoms with van der Waals surface area (Å²) in [5.74, 6) is -0.214. The summed E-state index contributed by atoms with van der Waals surface area (Å²) in [6.07, 6.45) is 2.73. The van der Waals surface area contributed by atoms with Crippen molar-refractivity contribution in [2.24, 2.45) is 5.92 Å². The molecule has 202 valence electrons. The molecule has 1 N–H and O–H groups in total. The van der Waals surface area contributed by atoms with E-state index in [4.69, 9.17) is 10.1 Å². The summed E-state index contributed by atoms with van der Waals surface area (Å²) in [6, 6.07) is 10.3. The number of carbonyl (C=O) groups excluding carboxylic acids is 2. The van der Waals surface area contributed by atoms with Crippen LogP contribution >= 0.6 is 0 Å². The van der Waals surface area contributed by atoms with E-state index >= 15 is 0 Å². The minimum Gasteiger partial charge on any atom is -0.390 e. The normalized spacial score (nSPS) is 23.4. The zero-order valence-corrected chi connectivity index (χ0v) is 23.6. The van der Waals surface area contributed by atoms with Gasteiger partial charge in [-0.3, -0.25) is 9.59 Å². The number of aliphatic hydroxyl groups is 1. The van der Waals surface area contributed by atoms with Gasteiger partial charge in [0.2, 0.25) is 5.91 Å². The number of benzene rings is 1. The van der Waals surface area contributed by atoms with Gasteiger partial charge in [0.05, 0.1) is 23.0 Å². The van der Waals surface area contributed by atoms with Gasteiger partial charge < -0.3 is 14.9 Å². The van der Waals surface area contributed by atoms with Crippen molar-refractivity contribution in [2.75, 3.05) is 19.6 Å². The van der Waals surface area contributed by atoms with Crippen molar-refractivity contribution in [1.82, 2.24) is 24.4 Å².